The van der Waals surface area contributed by atoms with Gasteiger partial charge in [0.25, 0.3) is 0 Å². The van der Waals surface area contributed by atoms with E-state index < -0.39 is 0 Å². The first kappa shape index (κ1) is 18.2. The minimum absolute atomic E-state index is 0.0816. The number of likely N-dealkylation sites (N-methyl/N-ethyl adjacent to an activating group) is 1. The predicted molar refractivity (Wildman–Crippen MR) is 96.7 cm³/mol. The smallest absolute Gasteiger partial charge is 0.234 e. The number of carbonyl (C=O) groups is 1. The number of fused-ring (bicyclic) bond motifs is 1. The van der Waals surface area contributed by atoms with Crippen molar-refractivity contribution < 1.29 is 18.7 Å². The van der Waals surface area contributed by atoms with Crippen LogP contribution in [0.25, 0.3) is 0 Å². The van der Waals surface area contributed by atoms with Gasteiger partial charge in [0, 0.05) is 6.54 Å². The van der Waals surface area contributed by atoms with Crippen molar-refractivity contribution in [2.75, 3.05) is 26.8 Å². The van der Waals surface area contributed by atoms with Crippen LogP contribution in [-0.4, -0.2) is 37.6 Å². The Morgan fingerprint density at radius 3 is 2.58 bits per heavy atom. The van der Waals surface area contributed by atoms with E-state index in [1.165, 1.54) is 12.1 Å². The standard InChI is InChI=1S/C20H23FN2O3/c1-14(16-4-6-17(21)7-5-16)22-20(24)13-23(2)12-15-3-8-18-19(11-15)26-10-9-25-18/h3-8,11,14H,9-10,12-13H2,1-2H3,(H,22,24). The Morgan fingerprint density at radius 1 is 1.15 bits per heavy atom. The van der Waals surface area contributed by atoms with Crippen molar-refractivity contribution in [3.8, 4) is 11.5 Å². The highest BCUT2D eigenvalue weighted by Gasteiger charge is 2.15. The SMILES string of the molecule is CC(NC(=O)CN(C)Cc1ccc2c(c1)OCCO2)c1ccc(F)cc1. The maximum atomic E-state index is 13.0. The molecule has 2 aromatic rings. The summed E-state index contributed by atoms with van der Waals surface area (Å²) >= 11 is 0. The third kappa shape index (κ3) is 4.73. The molecule has 1 unspecified atom stereocenters. The van der Waals surface area contributed by atoms with Crippen molar-refractivity contribution in [3.63, 3.8) is 0 Å². The first-order valence-electron chi connectivity index (χ1n) is 8.63. The largest absolute Gasteiger partial charge is 0.486 e. The van der Waals surface area contributed by atoms with Crippen molar-refractivity contribution in [1.82, 2.24) is 10.2 Å². The van der Waals surface area contributed by atoms with Gasteiger partial charge in [-0.2, -0.15) is 0 Å². The Kier molecular flexibility index (Phi) is 5.73. The summed E-state index contributed by atoms with van der Waals surface area (Å²) in [4.78, 5) is 14.2. The maximum absolute atomic E-state index is 13.0. The van der Waals surface area contributed by atoms with E-state index in [9.17, 15) is 9.18 Å². The number of nitrogens with zero attached hydrogens (tertiary/aromatic N) is 1. The molecule has 1 aliphatic heterocycles. The summed E-state index contributed by atoms with van der Waals surface area (Å²) in [5.41, 5.74) is 1.92. The molecular formula is C20H23FN2O3. The second kappa shape index (κ2) is 8.19. The van der Waals surface area contributed by atoms with E-state index in [1.807, 2.05) is 37.1 Å². The number of benzene rings is 2. The van der Waals surface area contributed by atoms with Crippen molar-refractivity contribution in [2.45, 2.75) is 19.5 Å². The summed E-state index contributed by atoms with van der Waals surface area (Å²) in [6.07, 6.45) is 0. The van der Waals surface area contributed by atoms with E-state index >= 15 is 0 Å². The van der Waals surface area contributed by atoms with Crippen molar-refractivity contribution >= 4 is 5.91 Å². The third-order valence-electron chi connectivity index (χ3n) is 4.22. The minimum atomic E-state index is -0.286. The Balaban J connectivity index is 1.51. The van der Waals surface area contributed by atoms with Crippen LogP contribution in [-0.2, 0) is 11.3 Å². The van der Waals surface area contributed by atoms with Gasteiger partial charge < -0.3 is 14.8 Å². The maximum Gasteiger partial charge on any atom is 0.234 e. The highest BCUT2D eigenvalue weighted by molar-refractivity contribution is 5.78. The van der Waals surface area contributed by atoms with Crippen LogP contribution < -0.4 is 14.8 Å². The molecule has 0 fully saturated rings. The minimum Gasteiger partial charge on any atom is -0.486 e. The predicted octanol–water partition coefficient (Wildman–Crippen LogP) is 2.91. The lowest BCUT2D eigenvalue weighted by Crippen LogP contribution is -2.36. The third-order valence-corrected chi connectivity index (χ3v) is 4.22. The van der Waals surface area contributed by atoms with Gasteiger partial charge in [-0.05, 0) is 49.4 Å². The molecule has 3 rings (SSSR count). The molecule has 26 heavy (non-hydrogen) atoms. The van der Waals surface area contributed by atoms with Gasteiger partial charge in [0.15, 0.2) is 11.5 Å². The molecule has 1 amide bonds. The summed E-state index contributed by atoms with van der Waals surface area (Å²) in [5.74, 6) is 1.14. The van der Waals surface area contributed by atoms with Crippen LogP contribution in [0.3, 0.4) is 0 Å². The molecule has 1 heterocycles. The summed E-state index contributed by atoms with van der Waals surface area (Å²) in [6.45, 7) is 3.88. The van der Waals surface area contributed by atoms with Gasteiger partial charge in [-0.25, -0.2) is 4.39 Å². The van der Waals surface area contributed by atoms with Crippen LogP contribution in [0.1, 0.15) is 24.1 Å². The second-order valence-electron chi connectivity index (χ2n) is 6.49. The van der Waals surface area contributed by atoms with Gasteiger partial charge in [-0.1, -0.05) is 18.2 Å². The summed E-state index contributed by atoms with van der Waals surface area (Å²) < 4.78 is 24.1. The molecule has 6 heteroatoms. The number of carbonyl (C=O) groups excluding carboxylic acids is 1. The number of rotatable bonds is 6. The molecule has 0 aliphatic carbocycles. The van der Waals surface area contributed by atoms with Crippen LogP contribution in [0.2, 0.25) is 0 Å². The summed E-state index contributed by atoms with van der Waals surface area (Å²) in [6, 6.07) is 11.8. The van der Waals surface area contributed by atoms with Crippen molar-refractivity contribution in [3.05, 3.63) is 59.4 Å². The van der Waals surface area contributed by atoms with E-state index in [1.54, 1.807) is 12.1 Å². The van der Waals surface area contributed by atoms with Crippen LogP contribution in [0.15, 0.2) is 42.5 Å². The molecule has 1 N–H and O–H groups in total. The number of hydrogen-bond acceptors (Lipinski definition) is 4. The van der Waals surface area contributed by atoms with Crippen molar-refractivity contribution in [1.29, 1.82) is 0 Å². The van der Waals surface area contributed by atoms with E-state index in [4.69, 9.17) is 9.47 Å². The number of halogens is 1. The molecule has 5 nitrogen and oxygen atoms in total. The fourth-order valence-electron chi connectivity index (χ4n) is 2.92. The Hall–Kier alpha value is -2.60. The lowest BCUT2D eigenvalue weighted by Gasteiger charge is -2.21. The monoisotopic (exact) mass is 358 g/mol. The topological polar surface area (TPSA) is 50.8 Å². The van der Waals surface area contributed by atoms with Gasteiger partial charge >= 0.3 is 0 Å². The van der Waals surface area contributed by atoms with Crippen LogP contribution in [0, 0.1) is 5.82 Å². The Labute approximate surface area is 152 Å². The molecule has 0 radical (unpaired) electrons. The van der Waals surface area contributed by atoms with Gasteiger partial charge in [0.1, 0.15) is 19.0 Å². The number of hydrogen-bond donors (Lipinski definition) is 1. The summed E-state index contributed by atoms with van der Waals surface area (Å²) in [5, 5.41) is 2.93. The first-order chi connectivity index (χ1) is 12.5. The average molecular weight is 358 g/mol. The molecule has 1 aliphatic rings. The Morgan fingerprint density at radius 2 is 1.85 bits per heavy atom. The zero-order chi connectivity index (χ0) is 18.5. The molecule has 1 atom stereocenters. The highest BCUT2D eigenvalue weighted by atomic mass is 19.1. The quantitative estimate of drug-likeness (QED) is 0.863. The normalized spacial score (nSPS) is 14.2. The lowest BCUT2D eigenvalue weighted by atomic mass is 10.1. The van der Waals surface area contributed by atoms with E-state index in [-0.39, 0.29) is 24.3 Å². The van der Waals surface area contributed by atoms with Gasteiger partial charge in [-0.3, -0.25) is 9.69 Å². The van der Waals surface area contributed by atoms with Crippen molar-refractivity contribution in [2.24, 2.45) is 0 Å². The number of nitrogens with one attached hydrogen (secondary N) is 1. The molecule has 138 valence electrons. The number of ether oxygens (including phenoxy) is 2. The van der Waals surface area contributed by atoms with E-state index in [0.717, 1.165) is 22.6 Å². The lowest BCUT2D eigenvalue weighted by molar-refractivity contribution is -0.122. The molecule has 2 aromatic carbocycles. The van der Waals surface area contributed by atoms with Gasteiger partial charge in [-0.15, -0.1) is 0 Å². The molecule has 0 spiro atoms. The molecular weight excluding hydrogens is 335 g/mol. The fraction of sp³-hybridized carbons (Fsp3) is 0.350. The highest BCUT2D eigenvalue weighted by Crippen LogP contribution is 2.31. The van der Waals surface area contributed by atoms with Crippen LogP contribution in [0.5, 0.6) is 11.5 Å². The molecule has 0 saturated heterocycles. The molecule has 0 aromatic heterocycles. The van der Waals surface area contributed by atoms with Gasteiger partial charge in [0.05, 0.1) is 12.6 Å². The number of amides is 1. The molecule has 0 saturated carbocycles. The van der Waals surface area contributed by atoms with E-state index in [0.29, 0.717) is 19.8 Å². The van der Waals surface area contributed by atoms with Gasteiger partial charge in [0.2, 0.25) is 5.91 Å². The summed E-state index contributed by atoms with van der Waals surface area (Å²) in [7, 11) is 1.89. The fourth-order valence-corrected chi connectivity index (χ4v) is 2.92. The Bertz CT molecular complexity index is 764. The zero-order valence-electron chi connectivity index (χ0n) is 15.0. The van der Waals surface area contributed by atoms with Crippen LogP contribution in [0.4, 0.5) is 4.39 Å². The van der Waals surface area contributed by atoms with Crippen LogP contribution >= 0.6 is 0 Å². The average Bonchev–Trinajstić information content (AvgIpc) is 2.61. The van der Waals surface area contributed by atoms with E-state index in [2.05, 4.69) is 5.32 Å². The zero-order valence-corrected chi connectivity index (χ0v) is 15.0. The second-order valence-corrected chi connectivity index (χ2v) is 6.49. The first-order valence-corrected chi connectivity index (χ1v) is 8.63. The molecule has 0 bridgehead atoms.